The zero-order valence-corrected chi connectivity index (χ0v) is 12.1. The summed E-state index contributed by atoms with van der Waals surface area (Å²) in [5, 5.41) is 1.14. The van der Waals surface area contributed by atoms with Crippen LogP contribution in [0.15, 0.2) is 64.1 Å². The van der Waals surface area contributed by atoms with E-state index in [0.717, 1.165) is 15.3 Å². The van der Waals surface area contributed by atoms with Crippen LogP contribution in [0.5, 0.6) is 0 Å². The van der Waals surface area contributed by atoms with Gasteiger partial charge in [0.15, 0.2) is 0 Å². The maximum Gasteiger partial charge on any atom is 0.0997 e. The number of aliphatic imine (C=N–C) groups is 1. The lowest BCUT2D eigenvalue weighted by molar-refractivity contribution is 0.850. The molecule has 0 saturated carbocycles. The number of thioether (sulfide) groups is 1. The first-order valence-electron chi connectivity index (χ1n) is 5.85. The normalized spacial score (nSPS) is 18.7. The van der Waals surface area contributed by atoms with Gasteiger partial charge in [0, 0.05) is 15.8 Å². The van der Waals surface area contributed by atoms with E-state index in [9.17, 15) is 0 Å². The van der Waals surface area contributed by atoms with E-state index in [2.05, 4.69) is 58.4 Å². The molecule has 1 atom stereocenters. The second-order valence-electron chi connectivity index (χ2n) is 4.15. The Morgan fingerprint density at radius 3 is 2.50 bits per heavy atom. The maximum absolute atomic E-state index is 4.84. The number of hydrogen-bond donors (Lipinski definition) is 0. The molecule has 0 N–H and O–H groups in total. The molecule has 1 aliphatic rings. The number of halogens is 1. The third-order valence-corrected chi connectivity index (χ3v) is 4.71. The lowest BCUT2D eigenvalue weighted by Gasteiger charge is -2.04. The molecular formula is C15H12BrNS. The Labute approximate surface area is 119 Å². The van der Waals surface area contributed by atoms with Gasteiger partial charge in [-0.25, -0.2) is 0 Å². The van der Waals surface area contributed by atoms with Gasteiger partial charge in [-0.05, 0) is 11.6 Å². The Balaban J connectivity index is 1.91. The minimum atomic E-state index is 0.290. The van der Waals surface area contributed by atoms with E-state index in [0.29, 0.717) is 6.04 Å². The molecule has 1 aliphatic heterocycles. The Morgan fingerprint density at radius 2 is 1.72 bits per heavy atom. The van der Waals surface area contributed by atoms with Crippen molar-refractivity contribution in [2.75, 3.05) is 5.75 Å². The summed E-state index contributed by atoms with van der Waals surface area (Å²) < 4.78 is 1.12. The van der Waals surface area contributed by atoms with Crippen molar-refractivity contribution in [3.8, 4) is 0 Å². The van der Waals surface area contributed by atoms with Crippen LogP contribution in [-0.4, -0.2) is 10.8 Å². The molecule has 0 spiro atoms. The van der Waals surface area contributed by atoms with Crippen LogP contribution in [0.25, 0.3) is 0 Å². The van der Waals surface area contributed by atoms with Crippen LogP contribution < -0.4 is 0 Å². The van der Waals surface area contributed by atoms with Crippen molar-refractivity contribution in [3.05, 3.63) is 70.2 Å². The topological polar surface area (TPSA) is 12.4 Å². The van der Waals surface area contributed by atoms with Crippen molar-refractivity contribution in [3.63, 3.8) is 0 Å². The van der Waals surface area contributed by atoms with Gasteiger partial charge in [-0.1, -0.05) is 64.5 Å². The van der Waals surface area contributed by atoms with Gasteiger partial charge < -0.3 is 0 Å². The van der Waals surface area contributed by atoms with Gasteiger partial charge in [0.25, 0.3) is 0 Å². The number of nitrogens with zero attached hydrogens (tertiary/aromatic N) is 1. The summed E-state index contributed by atoms with van der Waals surface area (Å²) in [7, 11) is 0. The minimum Gasteiger partial charge on any atom is -0.269 e. The molecule has 0 aromatic heterocycles. The van der Waals surface area contributed by atoms with Crippen molar-refractivity contribution >= 4 is 32.7 Å². The molecule has 2 aromatic carbocycles. The van der Waals surface area contributed by atoms with Crippen LogP contribution in [0.2, 0.25) is 0 Å². The van der Waals surface area contributed by atoms with Gasteiger partial charge >= 0.3 is 0 Å². The maximum atomic E-state index is 4.84. The predicted molar refractivity (Wildman–Crippen MR) is 82.3 cm³/mol. The lowest BCUT2D eigenvalue weighted by atomic mass is 10.1. The molecule has 0 saturated heterocycles. The van der Waals surface area contributed by atoms with E-state index in [1.54, 1.807) is 0 Å². The van der Waals surface area contributed by atoms with Crippen LogP contribution in [0.3, 0.4) is 0 Å². The molecule has 0 amide bonds. The number of hydrogen-bond acceptors (Lipinski definition) is 2. The zero-order valence-electron chi connectivity index (χ0n) is 9.71. The van der Waals surface area contributed by atoms with E-state index in [4.69, 9.17) is 4.99 Å². The zero-order chi connectivity index (χ0) is 12.4. The Morgan fingerprint density at radius 1 is 1.00 bits per heavy atom. The molecule has 3 heteroatoms. The van der Waals surface area contributed by atoms with Gasteiger partial charge in [0.05, 0.1) is 11.1 Å². The first-order valence-corrected chi connectivity index (χ1v) is 7.63. The molecule has 0 fully saturated rings. The molecule has 0 radical (unpaired) electrons. The summed E-state index contributed by atoms with van der Waals surface area (Å²) in [5.41, 5.74) is 2.49. The van der Waals surface area contributed by atoms with E-state index >= 15 is 0 Å². The molecule has 90 valence electrons. The second kappa shape index (κ2) is 5.29. The summed E-state index contributed by atoms with van der Waals surface area (Å²) in [6.07, 6.45) is 0. The largest absolute Gasteiger partial charge is 0.269 e. The predicted octanol–water partition coefficient (Wildman–Crippen LogP) is 4.68. The average Bonchev–Trinajstić information content (AvgIpc) is 2.90. The van der Waals surface area contributed by atoms with Crippen molar-refractivity contribution in [2.24, 2.45) is 4.99 Å². The summed E-state index contributed by atoms with van der Waals surface area (Å²) in [6, 6.07) is 19.1. The second-order valence-corrected chi connectivity index (χ2v) is 6.01. The first kappa shape index (κ1) is 12.0. The van der Waals surface area contributed by atoms with Crippen molar-refractivity contribution in [1.82, 2.24) is 0 Å². The molecule has 0 aliphatic carbocycles. The molecule has 0 bridgehead atoms. The van der Waals surface area contributed by atoms with Crippen molar-refractivity contribution in [1.29, 1.82) is 0 Å². The van der Waals surface area contributed by atoms with E-state index in [-0.39, 0.29) is 0 Å². The summed E-state index contributed by atoms with van der Waals surface area (Å²) >= 11 is 5.42. The standard InChI is InChI=1S/C15H12BrNS/c16-13-9-5-4-8-12(13)15-17-14(10-18-15)11-6-2-1-3-7-11/h1-9,14H,10H2/t14-/m1/s1. The SMILES string of the molecule is Brc1ccccc1C1=N[C@@H](c2ccccc2)CS1. The average molecular weight is 318 g/mol. The quantitative estimate of drug-likeness (QED) is 0.783. The van der Waals surface area contributed by atoms with Gasteiger partial charge in [0.2, 0.25) is 0 Å². The van der Waals surface area contributed by atoms with Crippen LogP contribution >= 0.6 is 27.7 Å². The summed E-state index contributed by atoms with van der Waals surface area (Å²) in [4.78, 5) is 4.84. The van der Waals surface area contributed by atoms with Crippen LogP contribution in [0.4, 0.5) is 0 Å². The Kier molecular flexibility index (Phi) is 3.52. The fourth-order valence-electron chi connectivity index (χ4n) is 2.00. The summed E-state index contributed by atoms with van der Waals surface area (Å²) in [6.45, 7) is 0. The number of rotatable bonds is 2. The van der Waals surface area contributed by atoms with Gasteiger partial charge in [-0.15, -0.1) is 11.8 Å². The molecule has 18 heavy (non-hydrogen) atoms. The number of benzene rings is 2. The van der Waals surface area contributed by atoms with E-state index in [1.807, 2.05) is 23.9 Å². The van der Waals surface area contributed by atoms with Gasteiger partial charge in [-0.2, -0.15) is 0 Å². The Hall–Kier alpha value is -1.06. The van der Waals surface area contributed by atoms with Crippen LogP contribution in [0, 0.1) is 0 Å². The lowest BCUT2D eigenvalue weighted by Crippen LogP contribution is -1.93. The minimum absolute atomic E-state index is 0.290. The third kappa shape index (κ3) is 2.38. The molecule has 2 aromatic rings. The molecule has 1 nitrogen and oxygen atoms in total. The summed E-state index contributed by atoms with van der Waals surface area (Å²) in [5.74, 6) is 1.03. The smallest absolute Gasteiger partial charge is 0.0997 e. The molecule has 3 rings (SSSR count). The third-order valence-electron chi connectivity index (χ3n) is 2.94. The highest BCUT2D eigenvalue weighted by atomic mass is 79.9. The molecule has 1 heterocycles. The van der Waals surface area contributed by atoms with Crippen LogP contribution in [0.1, 0.15) is 17.2 Å². The fraction of sp³-hybridized carbons (Fsp3) is 0.133. The van der Waals surface area contributed by atoms with E-state index < -0.39 is 0 Å². The highest BCUT2D eigenvalue weighted by Crippen LogP contribution is 2.34. The fourth-order valence-corrected chi connectivity index (χ4v) is 3.72. The Bertz CT molecular complexity index is 580. The highest BCUT2D eigenvalue weighted by Gasteiger charge is 2.21. The molecule has 0 unspecified atom stereocenters. The molecular weight excluding hydrogens is 306 g/mol. The monoisotopic (exact) mass is 317 g/mol. The highest BCUT2D eigenvalue weighted by molar-refractivity contribution is 9.10. The van der Waals surface area contributed by atoms with E-state index in [1.165, 1.54) is 11.1 Å². The van der Waals surface area contributed by atoms with Crippen molar-refractivity contribution < 1.29 is 0 Å². The van der Waals surface area contributed by atoms with Crippen molar-refractivity contribution in [2.45, 2.75) is 6.04 Å². The van der Waals surface area contributed by atoms with Crippen LogP contribution in [-0.2, 0) is 0 Å². The van der Waals surface area contributed by atoms with Gasteiger partial charge in [-0.3, -0.25) is 4.99 Å². The first-order chi connectivity index (χ1) is 8.84. The van der Waals surface area contributed by atoms with Gasteiger partial charge in [0.1, 0.15) is 0 Å².